The molecular formula is C18H23NO. The van der Waals surface area contributed by atoms with Gasteiger partial charge in [0.05, 0.1) is 0 Å². The van der Waals surface area contributed by atoms with Gasteiger partial charge in [0.25, 0.3) is 0 Å². The number of hydrogen-bond acceptors (Lipinski definition) is 1. The Bertz CT molecular complexity index is 585. The van der Waals surface area contributed by atoms with Crippen LogP contribution in [0, 0.1) is 0 Å². The Morgan fingerprint density at radius 1 is 1.25 bits per heavy atom. The highest BCUT2D eigenvalue weighted by atomic mass is 16.1. The Morgan fingerprint density at radius 2 is 2.00 bits per heavy atom. The van der Waals surface area contributed by atoms with Crippen molar-refractivity contribution >= 4 is 11.5 Å². The number of amides is 1. The van der Waals surface area contributed by atoms with Crippen LogP contribution in [0.5, 0.6) is 0 Å². The van der Waals surface area contributed by atoms with Crippen molar-refractivity contribution in [2.75, 3.05) is 0 Å². The Hall–Kier alpha value is -2.09. The van der Waals surface area contributed by atoms with E-state index in [1.165, 1.54) is 17.5 Å². The summed E-state index contributed by atoms with van der Waals surface area (Å²) in [7, 11) is 0. The van der Waals surface area contributed by atoms with E-state index >= 15 is 0 Å². The van der Waals surface area contributed by atoms with Crippen molar-refractivity contribution in [3.05, 3.63) is 65.4 Å². The van der Waals surface area contributed by atoms with Crippen molar-refractivity contribution in [2.24, 2.45) is 0 Å². The number of carbonyl (C=O) groups is 1. The van der Waals surface area contributed by atoms with Crippen LogP contribution >= 0.6 is 0 Å². The van der Waals surface area contributed by atoms with Gasteiger partial charge in [0, 0.05) is 19.6 Å². The summed E-state index contributed by atoms with van der Waals surface area (Å²) in [5, 5.41) is 2.87. The summed E-state index contributed by atoms with van der Waals surface area (Å²) in [6.45, 7) is 4.25. The second-order valence-corrected chi connectivity index (χ2v) is 5.02. The molecule has 0 spiro atoms. The summed E-state index contributed by atoms with van der Waals surface area (Å²) >= 11 is 0. The Morgan fingerprint density at radius 3 is 2.80 bits per heavy atom. The standard InChI is InChI=1S/C15H13NO.C3H8.H2/c17-15-10-12-9-13(16-15)7-3-1-5-11-6-2-4-8-14(11)12;1-3-2;/h1-4,6-8,10H,5,9H2,(H,16,17);3H2,1-2H3;1H/b3-1-,13-7+;;. The van der Waals surface area contributed by atoms with Gasteiger partial charge in [-0.15, -0.1) is 0 Å². The molecule has 1 aromatic carbocycles. The van der Waals surface area contributed by atoms with Crippen LogP contribution in [0.25, 0.3) is 5.57 Å². The van der Waals surface area contributed by atoms with Crippen molar-refractivity contribution < 1.29 is 6.22 Å². The van der Waals surface area contributed by atoms with E-state index in [4.69, 9.17) is 0 Å². The van der Waals surface area contributed by atoms with Gasteiger partial charge < -0.3 is 5.32 Å². The number of fused-ring (bicyclic) bond motifs is 4. The van der Waals surface area contributed by atoms with Gasteiger partial charge in [0.15, 0.2) is 0 Å². The van der Waals surface area contributed by atoms with E-state index in [1.807, 2.05) is 24.3 Å². The fourth-order valence-corrected chi connectivity index (χ4v) is 2.32. The number of rotatable bonds is 0. The number of benzene rings is 1. The average molecular weight is 269 g/mol. The number of allylic oxidation sites excluding steroid dienone is 4. The maximum absolute atomic E-state index is 11.6. The second kappa shape index (κ2) is 6.90. The highest BCUT2D eigenvalue weighted by molar-refractivity contribution is 5.99. The fourth-order valence-electron chi connectivity index (χ4n) is 2.32. The third-order valence-electron chi connectivity index (χ3n) is 3.10. The molecule has 0 saturated carbocycles. The molecule has 1 amide bonds. The second-order valence-electron chi connectivity index (χ2n) is 5.02. The molecule has 1 heterocycles. The van der Waals surface area contributed by atoms with Crippen LogP contribution in [-0.4, -0.2) is 5.91 Å². The normalized spacial score (nSPS) is 20.4. The zero-order valence-electron chi connectivity index (χ0n) is 12.1. The van der Waals surface area contributed by atoms with E-state index in [0.717, 1.165) is 24.1 Å². The van der Waals surface area contributed by atoms with Gasteiger partial charge >= 0.3 is 0 Å². The molecule has 0 fully saturated rings. The van der Waals surface area contributed by atoms with E-state index in [-0.39, 0.29) is 7.33 Å². The minimum absolute atomic E-state index is 0. The van der Waals surface area contributed by atoms with Crippen LogP contribution in [0.15, 0.2) is 54.3 Å². The van der Waals surface area contributed by atoms with Crippen LogP contribution in [0.3, 0.4) is 0 Å². The maximum atomic E-state index is 11.6. The monoisotopic (exact) mass is 269 g/mol. The summed E-state index contributed by atoms with van der Waals surface area (Å²) in [6.07, 6.45) is 10.8. The maximum Gasteiger partial charge on any atom is 0.248 e. The summed E-state index contributed by atoms with van der Waals surface area (Å²) < 4.78 is 0. The molecule has 0 radical (unpaired) electrons. The topological polar surface area (TPSA) is 29.1 Å². The fraction of sp³-hybridized carbons (Fsp3) is 0.278. The molecule has 20 heavy (non-hydrogen) atoms. The van der Waals surface area contributed by atoms with Gasteiger partial charge in [-0.05, 0) is 29.2 Å². The highest BCUT2D eigenvalue weighted by Crippen LogP contribution is 2.28. The van der Waals surface area contributed by atoms with Crippen LogP contribution in [-0.2, 0) is 11.2 Å². The molecule has 2 nitrogen and oxygen atoms in total. The van der Waals surface area contributed by atoms with E-state index in [1.54, 1.807) is 6.08 Å². The lowest BCUT2D eigenvalue weighted by Gasteiger charge is -2.18. The van der Waals surface area contributed by atoms with Gasteiger partial charge in [-0.25, -0.2) is 0 Å². The third kappa shape index (κ3) is 3.47. The summed E-state index contributed by atoms with van der Waals surface area (Å²) in [5.41, 5.74) is 4.55. The van der Waals surface area contributed by atoms with E-state index in [0.29, 0.717) is 0 Å². The van der Waals surface area contributed by atoms with Gasteiger partial charge in [0.1, 0.15) is 0 Å². The summed E-state index contributed by atoms with van der Waals surface area (Å²) in [6, 6.07) is 8.29. The average Bonchev–Trinajstić information content (AvgIpc) is 2.49. The molecule has 0 atom stereocenters. The molecular weight excluding hydrogens is 246 g/mol. The smallest absolute Gasteiger partial charge is 0.248 e. The molecule has 1 aliphatic heterocycles. The van der Waals surface area contributed by atoms with Crippen molar-refractivity contribution in [3.8, 4) is 0 Å². The molecule has 0 aromatic heterocycles. The van der Waals surface area contributed by atoms with Gasteiger partial charge in [0.2, 0.25) is 5.91 Å². The molecule has 0 saturated heterocycles. The largest absolute Gasteiger partial charge is 0.326 e. The first-order chi connectivity index (χ1) is 9.74. The van der Waals surface area contributed by atoms with Crippen LogP contribution in [0.4, 0.5) is 0 Å². The molecule has 2 aliphatic rings. The molecule has 2 bridgehead atoms. The van der Waals surface area contributed by atoms with Gasteiger partial charge in [-0.3, -0.25) is 4.79 Å². The van der Waals surface area contributed by atoms with Crippen LogP contribution < -0.4 is 5.32 Å². The molecule has 3 rings (SSSR count). The van der Waals surface area contributed by atoms with Crippen molar-refractivity contribution in [3.63, 3.8) is 0 Å². The van der Waals surface area contributed by atoms with E-state index < -0.39 is 0 Å². The Kier molecular flexibility index (Phi) is 4.94. The molecule has 1 N–H and O–H groups in total. The molecule has 1 aromatic rings. The highest BCUT2D eigenvalue weighted by Gasteiger charge is 2.17. The van der Waals surface area contributed by atoms with Crippen molar-refractivity contribution in [1.29, 1.82) is 0 Å². The SMILES string of the molecule is CCC.O=C1C=C2C/C(=C\C=C/Cc3ccccc32)N1.[HH]. The number of nitrogens with one attached hydrogen (secondary N) is 1. The lowest BCUT2D eigenvalue weighted by molar-refractivity contribution is -0.116. The van der Waals surface area contributed by atoms with Gasteiger partial charge in [-0.1, -0.05) is 56.7 Å². The Balaban J connectivity index is 0.000000510. The van der Waals surface area contributed by atoms with Crippen molar-refractivity contribution in [1.82, 2.24) is 5.32 Å². The molecule has 2 heteroatoms. The lowest BCUT2D eigenvalue weighted by Crippen LogP contribution is -2.24. The first kappa shape index (κ1) is 14.3. The first-order valence-corrected chi connectivity index (χ1v) is 7.20. The first-order valence-electron chi connectivity index (χ1n) is 7.20. The molecule has 1 aliphatic carbocycles. The molecule has 106 valence electrons. The van der Waals surface area contributed by atoms with E-state index in [2.05, 4.69) is 37.4 Å². The zero-order valence-corrected chi connectivity index (χ0v) is 12.1. The summed E-state index contributed by atoms with van der Waals surface area (Å²) in [4.78, 5) is 11.6. The quantitative estimate of drug-likeness (QED) is 0.749. The Labute approximate surface area is 122 Å². The summed E-state index contributed by atoms with van der Waals surface area (Å²) in [5.74, 6) is -0.0254. The minimum atomic E-state index is -0.0254. The van der Waals surface area contributed by atoms with Crippen molar-refractivity contribution in [2.45, 2.75) is 33.1 Å². The molecule has 0 unspecified atom stereocenters. The predicted molar refractivity (Wildman–Crippen MR) is 86.2 cm³/mol. The van der Waals surface area contributed by atoms with Crippen LogP contribution in [0.1, 0.15) is 39.2 Å². The predicted octanol–water partition coefficient (Wildman–Crippen LogP) is 4.25. The minimum Gasteiger partial charge on any atom is -0.326 e. The lowest BCUT2D eigenvalue weighted by atomic mass is 9.93. The van der Waals surface area contributed by atoms with E-state index in [9.17, 15) is 4.79 Å². The number of hydrogen-bond donors (Lipinski definition) is 1. The van der Waals surface area contributed by atoms with Gasteiger partial charge in [-0.2, -0.15) is 0 Å². The van der Waals surface area contributed by atoms with Crippen LogP contribution in [0.2, 0.25) is 0 Å². The zero-order chi connectivity index (χ0) is 14.4. The number of carbonyl (C=O) groups excluding carboxylic acids is 1. The third-order valence-corrected chi connectivity index (χ3v) is 3.10.